The lowest BCUT2D eigenvalue weighted by Gasteiger charge is -2.26. The van der Waals surface area contributed by atoms with Gasteiger partial charge in [-0.05, 0) is 29.8 Å². The molecule has 0 bridgehead atoms. The first-order valence-corrected chi connectivity index (χ1v) is 7.98. The first-order valence-electron chi connectivity index (χ1n) is 7.98. The molecule has 0 radical (unpaired) electrons. The van der Waals surface area contributed by atoms with Crippen LogP contribution < -0.4 is 5.32 Å². The molecule has 8 heteroatoms. The van der Waals surface area contributed by atoms with Crippen molar-refractivity contribution < 1.29 is 14.7 Å². The molecule has 130 valence electrons. The smallest absolute Gasteiger partial charge is 0.290 e. The number of nitrogens with one attached hydrogen (secondary N) is 3. The number of hydrogen-bond acceptors (Lipinski definition) is 4. The summed E-state index contributed by atoms with van der Waals surface area (Å²) in [5.41, 5.74) is 4.84. The number of carbonyl (C=O) groups is 2. The standard InChI is InChI=1S/C17H13N5O.CH2O2/c23-14-6-11(12-8-19-17-10(12)2-1-5-18-17)15-13(21-14)4-3-9-7-20-22-16(9)15;2-1-3/h1-5,7-8,11H,6H2,(H,18,19)(H,20,22)(H,21,23);1H,(H,2,3). The topological polar surface area (TPSA) is 124 Å². The average Bonchev–Trinajstić information content (AvgIpc) is 3.28. The summed E-state index contributed by atoms with van der Waals surface area (Å²) in [6.07, 6.45) is 5.93. The fraction of sp³-hybridized carbons (Fsp3) is 0.111. The van der Waals surface area contributed by atoms with Gasteiger partial charge >= 0.3 is 0 Å². The molecule has 1 aromatic carbocycles. The Morgan fingerprint density at radius 2 is 2.12 bits per heavy atom. The van der Waals surface area contributed by atoms with Crippen LogP contribution in [-0.2, 0) is 9.59 Å². The van der Waals surface area contributed by atoms with E-state index in [0.29, 0.717) is 6.42 Å². The van der Waals surface area contributed by atoms with E-state index < -0.39 is 0 Å². The molecule has 1 unspecified atom stereocenters. The maximum Gasteiger partial charge on any atom is 0.290 e. The number of benzene rings is 1. The summed E-state index contributed by atoms with van der Waals surface area (Å²) in [5.74, 6) is 0.000422. The van der Waals surface area contributed by atoms with Crippen LogP contribution in [0.1, 0.15) is 23.5 Å². The molecule has 4 heterocycles. The molecule has 0 spiro atoms. The highest BCUT2D eigenvalue weighted by molar-refractivity contribution is 6.01. The van der Waals surface area contributed by atoms with E-state index in [1.54, 1.807) is 12.4 Å². The van der Waals surface area contributed by atoms with Crippen molar-refractivity contribution in [1.82, 2.24) is 20.2 Å². The van der Waals surface area contributed by atoms with Crippen molar-refractivity contribution in [2.75, 3.05) is 5.32 Å². The van der Waals surface area contributed by atoms with Crippen molar-refractivity contribution in [2.45, 2.75) is 12.3 Å². The van der Waals surface area contributed by atoms with E-state index in [2.05, 4.69) is 25.5 Å². The highest BCUT2D eigenvalue weighted by Crippen LogP contribution is 2.42. The van der Waals surface area contributed by atoms with Crippen molar-refractivity contribution >= 4 is 40.0 Å². The Labute approximate surface area is 147 Å². The fourth-order valence-electron chi connectivity index (χ4n) is 3.53. The van der Waals surface area contributed by atoms with E-state index in [1.165, 1.54) is 0 Å². The van der Waals surface area contributed by atoms with Crippen molar-refractivity contribution in [1.29, 1.82) is 0 Å². The number of amides is 1. The zero-order valence-electron chi connectivity index (χ0n) is 13.6. The Balaban J connectivity index is 0.000000527. The molecule has 1 aliphatic rings. The van der Waals surface area contributed by atoms with Gasteiger partial charge < -0.3 is 15.4 Å². The molecule has 0 saturated heterocycles. The number of anilines is 1. The largest absolute Gasteiger partial charge is 0.483 e. The lowest BCUT2D eigenvalue weighted by molar-refractivity contribution is -0.123. The molecule has 4 aromatic rings. The summed E-state index contributed by atoms with van der Waals surface area (Å²) in [4.78, 5) is 28.1. The zero-order valence-corrected chi connectivity index (χ0v) is 13.6. The minimum absolute atomic E-state index is 0.0270. The van der Waals surface area contributed by atoms with Crippen LogP contribution in [-0.4, -0.2) is 37.7 Å². The van der Waals surface area contributed by atoms with Gasteiger partial charge in [0.15, 0.2) is 0 Å². The monoisotopic (exact) mass is 349 g/mol. The quantitative estimate of drug-likeness (QED) is 0.393. The van der Waals surface area contributed by atoms with Crippen molar-refractivity contribution in [3.63, 3.8) is 0 Å². The lowest BCUT2D eigenvalue weighted by Crippen LogP contribution is -2.23. The zero-order chi connectivity index (χ0) is 18.1. The normalized spacial score (nSPS) is 15.8. The predicted octanol–water partition coefficient (Wildman–Crippen LogP) is 2.61. The number of aromatic amines is 2. The lowest BCUT2D eigenvalue weighted by atomic mass is 9.84. The van der Waals surface area contributed by atoms with Gasteiger partial charge in [0.1, 0.15) is 5.65 Å². The fourth-order valence-corrected chi connectivity index (χ4v) is 3.53. The third-order valence-corrected chi connectivity index (χ3v) is 4.53. The van der Waals surface area contributed by atoms with Crippen LogP contribution >= 0.6 is 0 Å². The molecule has 26 heavy (non-hydrogen) atoms. The number of aromatic nitrogens is 4. The summed E-state index contributed by atoms with van der Waals surface area (Å²) in [6, 6.07) is 7.87. The number of H-pyrrole nitrogens is 2. The van der Waals surface area contributed by atoms with E-state index in [1.807, 2.05) is 30.5 Å². The Morgan fingerprint density at radius 1 is 1.27 bits per heavy atom. The highest BCUT2D eigenvalue weighted by Gasteiger charge is 2.30. The van der Waals surface area contributed by atoms with Gasteiger partial charge in [-0.2, -0.15) is 5.10 Å². The predicted molar refractivity (Wildman–Crippen MR) is 96.0 cm³/mol. The van der Waals surface area contributed by atoms with Gasteiger partial charge in [-0.15, -0.1) is 0 Å². The molecule has 0 saturated carbocycles. The molecule has 8 nitrogen and oxygen atoms in total. The summed E-state index contributed by atoms with van der Waals surface area (Å²) in [5, 5.41) is 19.2. The third kappa shape index (κ3) is 2.48. The number of carbonyl (C=O) groups excluding carboxylic acids is 1. The van der Waals surface area contributed by atoms with Gasteiger partial charge in [-0.25, -0.2) is 4.98 Å². The Hall–Kier alpha value is -3.68. The van der Waals surface area contributed by atoms with Gasteiger partial charge in [0.05, 0.1) is 11.7 Å². The molecule has 0 fully saturated rings. The summed E-state index contributed by atoms with van der Waals surface area (Å²) in [6.45, 7) is -0.250. The second-order valence-electron chi connectivity index (χ2n) is 5.91. The SMILES string of the molecule is O=C1CC(c2c[nH]c3ncccc23)c2c(ccc3cn[nH]c23)N1.O=CO. The summed E-state index contributed by atoms with van der Waals surface area (Å²) in [7, 11) is 0. The van der Waals surface area contributed by atoms with Gasteiger partial charge in [0.2, 0.25) is 5.91 Å². The first-order chi connectivity index (χ1) is 12.7. The summed E-state index contributed by atoms with van der Waals surface area (Å²) >= 11 is 0. The van der Waals surface area contributed by atoms with Gasteiger partial charge in [0.25, 0.3) is 6.47 Å². The summed E-state index contributed by atoms with van der Waals surface area (Å²) < 4.78 is 0. The van der Waals surface area contributed by atoms with E-state index in [4.69, 9.17) is 9.90 Å². The van der Waals surface area contributed by atoms with Gasteiger partial charge in [-0.3, -0.25) is 14.7 Å². The average molecular weight is 349 g/mol. The molecular weight excluding hydrogens is 334 g/mol. The van der Waals surface area contributed by atoms with Crippen molar-refractivity contribution in [3.05, 3.63) is 54.0 Å². The molecule has 1 atom stereocenters. The minimum atomic E-state index is -0.250. The third-order valence-electron chi connectivity index (χ3n) is 4.53. The van der Waals surface area contributed by atoms with E-state index in [0.717, 1.165) is 38.8 Å². The molecule has 5 rings (SSSR count). The second kappa shape index (κ2) is 6.32. The Morgan fingerprint density at radius 3 is 2.96 bits per heavy atom. The number of nitrogens with zero attached hydrogens (tertiary/aromatic N) is 2. The van der Waals surface area contributed by atoms with Crippen LogP contribution in [0, 0.1) is 0 Å². The molecule has 3 aromatic heterocycles. The molecule has 0 aliphatic carbocycles. The molecule has 4 N–H and O–H groups in total. The maximum absolute atomic E-state index is 12.2. The van der Waals surface area contributed by atoms with E-state index in [-0.39, 0.29) is 18.3 Å². The number of hydrogen-bond donors (Lipinski definition) is 4. The molecule has 1 aliphatic heterocycles. The van der Waals surface area contributed by atoms with Crippen LogP contribution in [0.5, 0.6) is 0 Å². The van der Waals surface area contributed by atoms with Crippen LogP contribution in [0.15, 0.2) is 42.9 Å². The maximum atomic E-state index is 12.2. The second-order valence-corrected chi connectivity index (χ2v) is 5.91. The number of fused-ring (bicyclic) bond motifs is 4. The Kier molecular flexibility index (Phi) is 3.85. The van der Waals surface area contributed by atoms with Crippen LogP contribution in [0.2, 0.25) is 0 Å². The number of pyridine rings is 1. The number of carboxylic acid groups (broad SMARTS) is 1. The number of rotatable bonds is 1. The van der Waals surface area contributed by atoms with Crippen LogP contribution in [0.3, 0.4) is 0 Å². The van der Waals surface area contributed by atoms with Crippen LogP contribution in [0.25, 0.3) is 21.9 Å². The highest BCUT2D eigenvalue weighted by atomic mass is 16.3. The van der Waals surface area contributed by atoms with Crippen molar-refractivity contribution in [2.24, 2.45) is 0 Å². The Bertz CT molecular complexity index is 1110. The van der Waals surface area contributed by atoms with E-state index in [9.17, 15) is 4.79 Å². The van der Waals surface area contributed by atoms with Gasteiger partial charge in [0, 0.05) is 46.8 Å². The molecular formula is C18H15N5O3. The van der Waals surface area contributed by atoms with Crippen LogP contribution in [0.4, 0.5) is 5.69 Å². The minimum Gasteiger partial charge on any atom is -0.483 e. The van der Waals surface area contributed by atoms with E-state index >= 15 is 0 Å². The first kappa shape index (κ1) is 15.8. The molecule has 1 amide bonds. The van der Waals surface area contributed by atoms with Crippen molar-refractivity contribution in [3.8, 4) is 0 Å². The van der Waals surface area contributed by atoms with Gasteiger partial charge in [-0.1, -0.05) is 0 Å².